The van der Waals surface area contributed by atoms with E-state index in [9.17, 15) is 17.6 Å². The molecule has 0 unspecified atom stereocenters. The highest BCUT2D eigenvalue weighted by Gasteiger charge is 2.28. The highest BCUT2D eigenvalue weighted by molar-refractivity contribution is 7.99. The van der Waals surface area contributed by atoms with Crippen LogP contribution in [-0.2, 0) is 0 Å². The van der Waals surface area contributed by atoms with Crippen molar-refractivity contribution in [3.05, 3.63) is 23.5 Å². The molecule has 1 aromatic carbocycles. The maximum Gasteiger partial charge on any atom is 0.398 e. The Labute approximate surface area is 136 Å². The Hall–Kier alpha value is -1.46. The van der Waals surface area contributed by atoms with Crippen molar-refractivity contribution in [1.82, 2.24) is 4.90 Å². The molecule has 1 aliphatic rings. The molecule has 8 heteroatoms. The van der Waals surface area contributed by atoms with Crippen LogP contribution in [-0.4, -0.2) is 49.6 Å². The molecule has 0 radical (unpaired) electrons. The van der Waals surface area contributed by atoms with Gasteiger partial charge in [-0.15, -0.1) is 11.8 Å². The first-order chi connectivity index (χ1) is 10.8. The number of anilines is 1. The van der Waals surface area contributed by atoms with Crippen molar-refractivity contribution in [2.45, 2.75) is 18.0 Å². The van der Waals surface area contributed by atoms with Gasteiger partial charge >= 0.3 is 6.18 Å². The first kappa shape index (κ1) is 17.9. The molecule has 0 atom stereocenters. The number of benzene rings is 1. The Balaban J connectivity index is 2.11. The molecule has 0 N–H and O–H groups in total. The van der Waals surface area contributed by atoms with E-state index in [4.69, 9.17) is 5.26 Å². The lowest BCUT2D eigenvalue weighted by Gasteiger charge is -2.35. The highest BCUT2D eigenvalue weighted by atomic mass is 32.2. The van der Waals surface area contributed by atoms with Crippen LogP contribution in [0.4, 0.5) is 23.2 Å². The molecule has 0 amide bonds. The van der Waals surface area contributed by atoms with Crippen molar-refractivity contribution in [1.29, 1.82) is 5.26 Å². The Morgan fingerprint density at radius 1 is 1.22 bits per heavy atom. The molecule has 1 saturated heterocycles. The fraction of sp³-hybridized carbons (Fsp3) is 0.533. The molecule has 0 bridgehead atoms. The molecule has 1 heterocycles. The van der Waals surface area contributed by atoms with Gasteiger partial charge in [-0.3, -0.25) is 4.90 Å². The van der Waals surface area contributed by atoms with E-state index in [0.29, 0.717) is 60.6 Å². The van der Waals surface area contributed by atoms with Crippen LogP contribution in [0.25, 0.3) is 0 Å². The van der Waals surface area contributed by atoms with Gasteiger partial charge in [0.1, 0.15) is 5.82 Å². The first-order valence-electron chi connectivity index (χ1n) is 7.14. The summed E-state index contributed by atoms with van der Waals surface area (Å²) in [4.78, 5) is 4.22. The van der Waals surface area contributed by atoms with Crippen LogP contribution in [0.3, 0.4) is 0 Å². The lowest BCUT2D eigenvalue weighted by molar-refractivity contribution is -0.105. The van der Waals surface area contributed by atoms with Gasteiger partial charge in [-0.1, -0.05) is 0 Å². The third-order valence-corrected chi connectivity index (χ3v) is 4.87. The maximum atomic E-state index is 14.2. The van der Waals surface area contributed by atoms with Gasteiger partial charge < -0.3 is 4.90 Å². The number of nitriles is 1. The van der Waals surface area contributed by atoms with Crippen LogP contribution in [0.5, 0.6) is 0 Å². The number of rotatable bonds is 4. The number of halogens is 4. The van der Waals surface area contributed by atoms with Gasteiger partial charge in [0.25, 0.3) is 0 Å². The van der Waals surface area contributed by atoms with Crippen molar-refractivity contribution in [3.63, 3.8) is 0 Å². The summed E-state index contributed by atoms with van der Waals surface area (Å²) in [5.74, 6) is -1.41. The largest absolute Gasteiger partial charge is 0.398 e. The number of hydrogen-bond acceptors (Lipinski definition) is 4. The average Bonchev–Trinajstić information content (AvgIpc) is 2.47. The second kappa shape index (κ2) is 7.41. The molecule has 0 aliphatic carbocycles. The Morgan fingerprint density at radius 3 is 2.43 bits per heavy atom. The molecule has 1 aromatic rings. The second-order valence-electron chi connectivity index (χ2n) is 5.39. The van der Waals surface area contributed by atoms with E-state index in [1.807, 2.05) is 9.80 Å². The zero-order chi connectivity index (χ0) is 17.0. The number of aryl methyl sites for hydroxylation is 1. The quantitative estimate of drug-likeness (QED) is 0.474. The SMILES string of the molecule is Cc1cc(F)c(N2CCN(CC#N)CC2)cc1SCC(F)(F)F. The van der Waals surface area contributed by atoms with Crippen molar-refractivity contribution in [2.75, 3.05) is 43.4 Å². The summed E-state index contributed by atoms with van der Waals surface area (Å²) < 4.78 is 51.4. The van der Waals surface area contributed by atoms with Gasteiger partial charge in [0.05, 0.1) is 24.1 Å². The predicted octanol–water partition coefficient (Wildman–Crippen LogP) is 3.43. The zero-order valence-electron chi connectivity index (χ0n) is 12.7. The van der Waals surface area contributed by atoms with Crippen molar-refractivity contribution >= 4 is 17.4 Å². The van der Waals surface area contributed by atoms with Crippen molar-refractivity contribution in [3.8, 4) is 6.07 Å². The van der Waals surface area contributed by atoms with E-state index in [2.05, 4.69) is 6.07 Å². The second-order valence-corrected chi connectivity index (χ2v) is 6.41. The number of alkyl halides is 3. The van der Waals surface area contributed by atoms with Crippen LogP contribution in [0.2, 0.25) is 0 Å². The summed E-state index contributed by atoms with van der Waals surface area (Å²) in [6.07, 6.45) is -4.26. The summed E-state index contributed by atoms with van der Waals surface area (Å²) in [6.45, 7) is 4.29. The molecule has 23 heavy (non-hydrogen) atoms. The van der Waals surface area contributed by atoms with Gasteiger partial charge in [0, 0.05) is 31.1 Å². The number of hydrogen-bond donors (Lipinski definition) is 0. The third-order valence-electron chi connectivity index (χ3n) is 3.64. The van der Waals surface area contributed by atoms with E-state index >= 15 is 0 Å². The van der Waals surface area contributed by atoms with Crippen molar-refractivity contribution < 1.29 is 17.6 Å². The molecular weight excluding hydrogens is 330 g/mol. The molecule has 0 aromatic heterocycles. The summed E-state index contributed by atoms with van der Waals surface area (Å²) in [5, 5.41) is 8.68. The molecule has 1 aliphatic heterocycles. The molecule has 0 spiro atoms. The van der Waals surface area contributed by atoms with Gasteiger partial charge in [0.15, 0.2) is 0 Å². The summed E-state index contributed by atoms with van der Waals surface area (Å²) >= 11 is 0.678. The summed E-state index contributed by atoms with van der Waals surface area (Å²) in [7, 11) is 0. The minimum absolute atomic E-state index is 0.330. The fourth-order valence-electron chi connectivity index (χ4n) is 2.45. The van der Waals surface area contributed by atoms with Crippen molar-refractivity contribution in [2.24, 2.45) is 0 Å². The van der Waals surface area contributed by atoms with E-state index in [1.54, 1.807) is 6.92 Å². The smallest absolute Gasteiger partial charge is 0.367 e. The number of nitrogens with zero attached hydrogens (tertiary/aromatic N) is 3. The zero-order valence-corrected chi connectivity index (χ0v) is 13.5. The van der Waals surface area contributed by atoms with Crippen LogP contribution in [0.1, 0.15) is 5.56 Å². The lowest BCUT2D eigenvalue weighted by atomic mass is 10.2. The van der Waals surface area contributed by atoms with Crippen LogP contribution >= 0.6 is 11.8 Å². The number of piperazine rings is 1. The first-order valence-corrected chi connectivity index (χ1v) is 8.12. The Bertz CT molecular complexity index is 590. The molecule has 2 rings (SSSR count). The molecular formula is C15H17F4N3S. The number of thioether (sulfide) groups is 1. The van der Waals surface area contributed by atoms with Gasteiger partial charge in [-0.25, -0.2) is 4.39 Å². The summed E-state index contributed by atoms with van der Waals surface area (Å²) in [5.41, 5.74) is 0.834. The van der Waals surface area contributed by atoms with E-state index in [-0.39, 0.29) is 0 Å². The molecule has 0 saturated carbocycles. The normalized spacial score (nSPS) is 16.4. The topological polar surface area (TPSA) is 30.3 Å². The van der Waals surface area contributed by atoms with E-state index in [1.165, 1.54) is 12.1 Å². The van der Waals surface area contributed by atoms with Crippen LogP contribution < -0.4 is 4.90 Å². The summed E-state index contributed by atoms with van der Waals surface area (Å²) in [6, 6.07) is 4.86. The predicted molar refractivity (Wildman–Crippen MR) is 82.2 cm³/mol. The van der Waals surface area contributed by atoms with E-state index < -0.39 is 17.7 Å². The standard InChI is InChI=1S/C15H17F4N3S/c1-11-8-12(16)13(9-14(11)23-10-15(17,18)19)22-6-4-21(3-2-20)5-7-22/h8-9H,3-7,10H2,1H3. The monoisotopic (exact) mass is 347 g/mol. The molecule has 1 fully saturated rings. The maximum absolute atomic E-state index is 14.2. The van der Waals surface area contributed by atoms with Gasteiger partial charge in [0.2, 0.25) is 0 Å². The highest BCUT2D eigenvalue weighted by Crippen LogP contribution is 2.34. The third kappa shape index (κ3) is 5.01. The minimum atomic E-state index is -4.26. The Kier molecular flexibility index (Phi) is 5.76. The van der Waals surface area contributed by atoms with E-state index in [0.717, 1.165) is 0 Å². The van der Waals surface area contributed by atoms with Crippen LogP contribution in [0, 0.1) is 24.1 Å². The van der Waals surface area contributed by atoms with Gasteiger partial charge in [-0.05, 0) is 24.6 Å². The Morgan fingerprint density at radius 2 is 1.87 bits per heavy atom. The van der Waals surface area contributed by atoms with Gasteiger partial charge in [-0.2, -0.15) is 18.4 Å². The van der Waals surface area contributed by atoms with Crippen LogP contribution in [0.15, 0.2) is 17.0 Å². The lowest BCUT2D eigenvalue weighted by Crippen LogP contribution is -2.46. The fourth-order valence-corrected chi connectivity index (χ4v) is 3.25. The molecule has 3 nitrogen and oxygen atoms in total. The minimum Gasteiger partial charge on any atom is -0.367 e. The average molecular weight is 347 g/mol. The molecule has 126 valence electrons.